The molecule has 0 aliphatic heterocycles. The summed E-state index contributed by atoms with van der Waals surface area (Å²) in [6.07, 6.45) is 12.3. The SMILES string of the molecule is CCCCCCc1cccc(-c2ccc3nsnc3c2-c2cccc(CCCCCC)c2SBr)c1SBr. The van der Waals surface area contributed by atoms with E-state index < -0.39 is 0 Å². The largest absolute Gasteiger partial charge is 0.173 e. The standard InChI is InChI=1S/C30H34Br2N2S3/c1-3-5-7-9-13-21-15-11-17-24(29(21)35-31)23-19-20-26-28(34-37-33-26)27(23)25-18-12-16-22(30(25)36-32)14-10-8-6-4-2/h11-12,15-20H,3-10,13-14H2,1-2H3. The molecule has 0 N–H and O–H groups in total. The number of nitrogens with zero attached hydrogens (tertiary/aromatic N) is 2. The van der Waals surface area contributed by atoms with Crippen LogP contribution in [0.5, 0.6) is 0 Å². The van der Waals surface area contributed by atoms with E-state index in [1.165, 1.54) is 106 Å². The van der Waals surface area contributed by atoms with E-state index in [0.717, 1.165) is 23.9 Å². The number of hydrogen-bond donors (Lipinski definition) is 0. The molecule has 1 aromatic heterocycles. The molecule has 0 saturated heterocycles. The Kier molecular flexibility index (Phi) is 11.9. The van der Waals surface area contributed by atoms with Crippen LogP contribution in [-0.2, 0) is 12.8 Å². The first kappa shape index (κ1) is 29.1. The zero-order valence-corrected chi connectivity index (χ0v) is 27.2. The Morgan fingerprint density at radius 2 is 1.24 bits per heavy atom. The molecule has 0 aliphatic carbocycles. The van der Waals surface area contributed by atoms with Crippen LogP contribution in [0.2, 0.25) is 0 Å². The minimum atomic E-state index is 0.964. The van der Waals surface area contributed by atoms with Crippen LogP contribution in [0, 0.1) is 0 Å². The van der Waals surface area contributed by atoms with E-state index in [1.807, 2.05) is 0 Å². The van der Waals surface area contributed by atoms with Crippen molar-refractivity contribution >= 4 is 72.8 Å². The van der Waals surface area contributed by atoms with E-state index in [9.17, 15) is 0 Å². The molecule has 4 aromatic rings. The van der Waals surface area contributed by atoms with Gasteiger partial charge in [-0.25, -0.2) is 0 Å². The molecule has 0 bridgehead atoms. The van der Waals surface area contributed by atoms with Gasteiger partial charge < -0.3 is 0 Å². The second kappa shape index (κ2) is 15.1. The second-order valence-corrected chi connectivity index (χ2v) is 13.1. The van der Waals surface area contributed by atoms with Gasteiger partial charge in [-0.3, -0.25) is 0 Å². The molecule has 37 heavy (non-hydrogen) atoms. The molecule has 0 spiro atoms. The van der Waals surface area contributed by atoms with Crippen LogP contribution < -0.4 is 0 Å². The zero-order chi connectivity index (χ0) is 26.0. The van der Waals surface area contributed by atoms with E-state index in [-0.39, 0.29) is 0 Å². The molecular formula is C30H34Br2N2S3. The Hall–Kier alpha value is -0.860. The summed E-state index contributed by atoms with van der Waals surface area (Å²) in [5.74, 6) is 0. The number of fused-ring (bicyclic) bond motifs is 1. The number of benzene rings is 3. The molecule has 4 rings (SSSR count). The van der Waals surface area contributed by atoms with Crippen LogP contribution in [0.1, 0.15) is 76.3 Å². The van der Waals surface area contributed by atoms with Crippen molar-refractivity contribution in [3.63, 3.8) is 0 Å². The molecular weight excluding hydrogens is 644 g/mol. The predicted octanol–water partition coefficient (Wildman–Crippen LogP) is 12.1. The fourth-order valence-corrected chi connectivity index (χ4v) is 8.88. The Labute approximate surface area is 249 Å². The summed E-state index contributed by atoms with van der Waals surface area (Å²) in [4.78, 5) is 2.61. The molecule has 2 nitrogen and oxygen atoms in total. The maximum Gasteiger partial charge on any atom is 0.113 e. The number of halogens is 2. The first-order valence-corrected chi connectivity index (χ1v) is 19.3. The molecule has 0 aliphatic rings. The molecule has 7 heteroatoms. The molecule has 0 fully saturated rings. The van der Waals surface area contributed by atoms with Crippen molar-refractivity contribution in [3.8, 4) is 22.3 Å². The van der Waals surface area contributed by atoms with Gasteiger partial charge in [-0.05, 0) is 110 Å². The molecule has 0 amide bonds. The van der Waals surface area contributed by atoms with Gasteiger partial charge in [0.1, 0.15) is 11.0 Å². The highest BCUT2D eigenvalue weighted by Gasteiger charge is 2.21. The van der Waals surface area contributed by atoms with Gasteiger partial charge in [0, 0.05) is 15.4 Å². The minimum absolute atomic E-state index is 0.964. The smallest absolute Gasteiger partial charge is 0.113 e. The Morgan fingerprint density at radius 3 is 1.84 bits per heavy atom. The molecule has 0 radical (unpaired) electrons. The van der Waals surface area contributed by atoms with Crippen molar-refractivity contribution < 1.29 is 0 Å². The minimum Gasteiger partial charge on any atom is -0.173 e. The number of hydrogen-bond acceptors (Lipinski definition) is 5. The summed E-state index contributed by atoms with van der Waals surface area (Å²) < 4.78 is 9.41. The fraction of sp³-hybridized carbons (Fsp3) is 0.400. The normalized spacial score (nSPS) is 11.5. The predicted molar refractivity (Wildman–Crippen MR) is 174 cm³/mol. The molecule has 0 saturated carbocycles. The first-order valence-electron chi connectivity index (χ1n) is 13.3. The second-order valence-electron chi connectivity index (χ2n) is 9.48. The molecule has 1 heterocycles. The van der Waals surface area contributed by atoms with Crippen molar-refractivity contribution in [2.45, 2.75) is 87.8 Å². The quantitative estimate of drug-likeness (QED) is 0.124. The summed E-state index contributed by atoms with van der Waals surface area (Å²) in [5.41, 5.74) is 9.69. The van der Waals surface area contributed by atoms with Gasteiger partial charge in [0.05, 0.1) is 11.7 Å². The Balaban J connectivity index is 1.84. The number of aryl methyl sites for hydroxylation is 2. The maximum absolute atomic E-state index is 4.81. The molecule has 0 atom stereocenters. The highest BCUT2D eigenvalue weighted by atomic mass is 79.9. The molecule has 196 valence electrons. The highest BCUT2D eigenvalue weighted by molar-refractivity contribution is 9.50. The third-order valence-electron chi connectivity index (χ3n) is 6.93. The average Bonchev–Trinajstić information content (AvgIpc) is 3.41. The lowest BCUT2D eigenvalue weighted by Crippen LogP contribution is -1.96. The van der Waals surface area contributed by atoms with E-state index >= 15 is 0 Å². The summed E-state index contributed by atoms with van der Waals surface area (Å²) in [6, 6.07) is 17.9. The maximum atomic E-state index is 4.81. The lowest BCUT2D eigenvalue weighted by molar-refractivity contribution is 0.663. The van der Waals surface area contributed by atoms with E-state index in [1.54, 1.807) is 20.4 Å². The van der Waals surface area contributed by atoms with Crippen molar-refractivity contribution in [2.75, 3.05) is 0 Å². The van der Waals surface area contributed by atoms with E-state index in [0.29, 0.717) is 0 Å². The van der Waals surface area contributed by atoms with Gasteiger partial charge in [0.15, 0.2) is 0 Å². The average molecular weight is 679 g/mol. The molecule has 3 aromatic carbocycles. The Morgan fingerprint density at radius 1 is 0.649 bits per heavy atom. The van der Waals surface area contributed by atoms with Gasteiger partial charge in [-0.1, -0.05) is 94.8 Å². The van der Waals surface area contributed by atoms with Crippen molar-refractivity contribution in [1.82, 2.24) is 8.75 Å². The van der Waals surface area contributed by atoms with E-state index in [4.69, 9.17) is 4.37 Å². The third-order valence-corrected chi connectivity index (χ3v) is 10.7. The Bertz CT molecular complexity index is 1310. The van der Waals surface area contributed by atoms with Gasteiger partial charge in [0.25, 0.3) is 0 Å². The van der Waals surface area contributed by atoms with Crippen molar-refractivity contribution in [3.05, 3.63) is 59.7 Å². The summed E-state index contributed by atoms with van der Waals surface area (Å²) in [5, 5.41) is 0. The lowest BCUT2D eigenvalue weighted by atomic mass is 9.90. The van der Waals surface area contributed by atoms with E-state index in [2.05, 4.69) is 96.4 Å². The van der Waals surface area contributed by atoms with Gasteiger partial charge in [-0.15, -0.1) is 0 Å². The number of aromatic nitrogens is 2. The number of unbranched alkanes of at least 4 members (excludes halogenated alkanes) is 6. The monoisotopic (exact) mass is 676 g/mol. The van der Waals surface area contributed by atoms with Crippen LogP contribution in [0.3, 0.4) is 0 Å². The van der Waals surface area contributed by atoms with Gasteiger partial charge in [0.2, 0.25) is 0 Å². The van der Waals surface area contributed by atoms with Gasteiger partial charge in [-0.2, -0.15) is 8.75 Å². The van der Waals surface area contributed by atoms with Crippen molar-refractivity contribution in [1.29, 1.82) is 0 Å². The summed E-state index contributed by atoms with van der Waals surface area (Å²) >= 11 is 8.83. The van der Waals surface area contributed by atoms with Gasteiger partial charge >= 0.3 is 0 Å². The van der Waals surface area contributed by atoms with Crippen LogP contribution in [0.4, 0.5) is 0 Å². The van der Waals surface area contributed by atoms with Crippen LogP contribution in [0.15, 0.2) is 58.3 Å². The highest BCUT2D eigenvalue weighted by Crippen LogP contribution is 2.47. The third kappa shape index (κ3) is 7.02. The molecule has 0 unspecified atom stereocenters. The topological polar surface area (TPSA) is 25.8 Å². The van der Waals surface area contributed by atoms with Crippen LogP contribution in [-0.4, -0.2) is 8.75 Å². The fourth-order valence-electron chi connectivity index (χ4n) is 4.99. The number of rotatable bonds is 14. The summed E-state index contributed by atoms with van der Waals surface area (Å²) in [6.45, 7) is 4.54. The summed E-state index contributed by atoms with van der Waals surface area (Å²) in [7, 11) is 3.36. The van der Waals surface area contributed by atoms with Crippen LogP contribution >= 0.6 is 61.7 Å². The zero-order valence-electron chi connectivity index (χ0n) is 21.6. The first-order chi connectivity index (χ1) is 18.2. The lowest BCUT2D eigenvalue weighted by Gasteiger charge is -2.19. The van der Waals surface area contributed by atoms with Crippen LogP contribution in [0.25, 0.3) is 33.3 Å². The van der Waals surface area contributed by atoms with Crippen molar-refractivity contribution in [2.24, 2.45) is 0 Å².